The van der Waals surface area contributed by atoms with Crippen molar-refractivity contribution in [3.05, 3.63) is 70.3 Å². The number of aromatic amines is 1. The number of nitrogens with one attached hydrogen (secondary N) is 1. The molecule has 2 aromatic carbocycles. The lowest BCUT2D eigenvalue weighted by molar-refractivity contribution is 0.141. The lowest BCUT2D eigenvalue weighted by atomic mass is 10.1. The SMILES string of the molecule is CCCCc1ccc(S(=O)(=O)N2CCN([C@H](C)c3nc4ccccc4c(=O)[nH]3)CC2)cc1. The maximum Gasteiger partial charge on any atom is 0.258 e. The van der Waals surface area contributed by atoms with Crippen molar-refractivity contribution in [2.75, 3.05) is 26.2 Å². The number of para-hydroxylation sites is 1. The molecular formula is C24H30N4O3S. The molecule has 1 fully saturated rings. The summed E-state index contributed by atoms with van der Waals surface area (Å²) in [6.07, 6.45) is 3.19. The van der Waals surface area contributed by atoms with Crippen LogP contribution in [-0.2, 0) is 16.4 Å². The van der Waals surface area contributed by atoms with Gasteiger partial charge < -0.3 is 4.98 Å². The van der Waals surface area contributed by atoms with E-state index in [1.54, 1.807) is 22.5 Å². The van der Waals surface area contributed by atoms with Gasteiger partial charge in [-0.3, -0.25) is 9.69 Å². The van der Waals surface area contributed by atoms with Crippen molar-refractivity contribution >= 4 is 20.9 Å². The summed E-state index contributed by atoms with van der Waals surface area (Å²) in [7, 11) is -3.52. The highest BCUT2D eigenvalue weighted by Crippen LogP contribution is 2.23. The highest BCUT2D eigenvalue weighted by molar-refractivity contribution is 7.89. The molecule has 3 aromatic rings. The van der Waals surface area contributed by atoms with Gasteiger partial charge in [-0.1, -0.05) is 37.6 Å². The van der Waals surface area contributed by atoms with Crippen LogP contribution in [0.2, 0.25) is 0 Å². The van der Waals surface area contributed by atoms with Crippen molar-refractivity contribution < 1.29 is 8.42 Å². The summed E-state index contributed by atoms with van der Waals surface area (Å²) in [6, 6.07) is 14.4. The Balaban J connectivity index is 1.44. The predicted octanol–water partition coefficient (Wildman–Crippen LogP) is 3.33. The Morgan fingerprint density at radius 3 is 2.41 bits per heavy atom. The minimum absolute atomic E-state index is 0.116. The van der Waals surface area contributed by atoms with E-state index in [1.807, 2.05) is 37.3 Å². The molecule has 0 unspecified atom stereocenters. The van der Waals surface area contributed by atoms with E-state index < -0.39 is 10.0 Å². The molecule has 1 aliphatic heterocycles. The summed E-state index contributed by atoms with van der Waals surface area (Å²) in [5, 5.41) is 0.570. The summed E-state index contributed by atoms with van der Waals surface area (Å²) in [4.78, 5) is 22.4. The van der Waals surface area contributed by atoms with Crippen molar-refractivity contribution in [1.82, 2.24) is 19.2 Å². The Kier molecular flexibility index (Phi) is 6.74. The van der Waals surface area contributed by atoms with Crippen molar-refractivity contribution in [2.24, 2.45) is 0 Å². The van der Waals surface area contributed by atoms with Crippen LogP contribution in [0, 0.1) is 0 Å². The largest absolute Gasteiger partial charge is 0.309 e. The molecule has 0 bridgehead atoms. The standard InChI is InChI=1S/C24H30N4O3S/c1-3-4-7-19-10-12-20(13-11-19)32(30,31)28-16-14-27(15-17-28)18(2)23-25-22-9-6-5-8-21(22)24(29)26-23/h5-6,8-13,18H,3-4,7,14-17H2,1-2H3,(H,25,26,29)/t18-/m1/s1. The first kappa shape index (κ1) is 22.6. The van der Waals surface area contributed by atoms with Gasteiger partial charge in [0.1, 0.15) is 5.82 Å². The fraction of sp³-hybridized carbons (Fsp3) is 0.417. The van der Waals surface area contributed by atoms with Crippen molar-refractivity contribution in [3.63, 3.8) is 0 Å². The molecule has 170 valence electrons. The monoisotopic (exact) mass is 454 g/mol. The number of piperazine rings is 1. The van der Waals surface area contributed by atoms with E-state index in [1.165, 1.54) is 5.56 Å². The number of hydrogen-bond acceptors (Lipinski definition) is 5. The topological polar surface area (TPSA) is 86.4 Å². The molecule has 0 radical (unpaired) electrons. The molecule has 0 spiro atoms. The number of rotatable bonds is 7. The van der Waals surface area contributed by atoms with Crippen LogP contribution in [0.4, 0.5) is 0 Å². The fourth-order valence-corrected chi connectivity index (χ4v) is 5.59. The summed E-state index contributed by atoms with van der Waals surface area (Å²) in [5.41, 5.74) is 1.68. The third-order valence-corrected chi connectivity index (χ3v) is 8.14. The molecule has 1 aromatic heterocycles. The van der Waals surface area contributed by atoms with E-state index in [4.69, 9.17) is 0 Å². The molecule has 1 aliphatic rings. The van der Waals surface area contributed by atoms with E-state index >= 15 is 0 Å². The van der Waals surface area contributed by atoms with Gasteiger partial charge in [-0.25, -0.2) is 13.4 Å². The summed E-state index contributed by atoms with van der Waals surface area (Å²) in [6.45, 7) is 6.10. The van der Waals surface area contributed by atoms with Gasteiger partial charge in [0, 0.05) is 26.2 Å². The van der Waals surface area contributed by atoms with Gasteiger partial charge in [0.25, 0.3) is 5.56 Å². The van der Waals surface area contributed by atoms with E-state index in [2.05, 4.69) is 21.8 Å². The average Bonchev–Trinajstić information content (AvgIpc) is 2.82. The number of nitrogens with zero attached hydrogens (tertiary/aromatic N) is 3. The van der Waals surface area contributed by atoms with Gasteiger partial charge in [-0.15, -0.1) is 0 Å². The number of fused-ring (bicyclic) bond motifs is 1. The van der Waals surface area contributed by atoms with Crippen LogP contribution in [0.1, 0.15) is 44.1 Å². The third-order valence-electron chi connectivity index (χ3n) is 6.23. The van der Waals surface area contributed by atoms with Crippen LogP contribution >= 0.6 is 0 Å². The maximum atomic E-state index is 13.1. The number of sulfonamides is 1. The molecule has 2 heterocycles. The molecule has 0 saturated carbocycles. The smallest absolute Gasteiger partial charge is 0.258 e. The summed E-state index contributed by atoms with van der Waals surface area (Å²) in [5.74, 6) is 0.604. The van der Waals surface area contributed by atoms with Gasteiger partial charge in [-0.2, -0.15) is 4.31 Å². The lowest BCUT2D eigenvalue weighted by Gasteiger charge is -2.37. The zero-order chi connectivity index (χ0) is 22.7. The third kappa shape index (κ3) is 4.62. The quantitative estimate of drug-likeness (QED) is 0.592. The lowest BCUT2D eigenvalue weighted by Crippen LogP contribution is -2.49. The minimum atomic E-state index is -3.52. The highest BCUT2D eigenvalue weighted by atomic mass is 32.2. The van der Waals surface area contributed by atoms with Crippen LogP contribution in [0.5, 0.6) is 0 Å². The number of hydrogen-bond donors (Lipinski definition) is 1. The Labute approximate surface area is 189 Å². The van der Waals surface area contributed by atoms with Gasteiger partial charge in [0.05, 0.1) is 21.8 Å². The number of aryl methyl sites for hydroxylation is 1. The average molecular weight is 455 g/mol. The Morgan fingerprint density at radius 2 is 1.72 bits per heavy atom. The molecule has 32 heavy (non-hydrogen) atoms. The molecule has 7 nitrogen and oxygen atoms in total. The van der Waals surface area contributed by atoms with Gasteiger partial charge in [-0.05, 0) is 49.6 Å². The number of H-pyrrole nitrogens is 1. The Morgan fingerprint density at radius 1 is 1.03 bits per heavy atom. The minimum Gasteiger partial charge on any atom is -0.309 e. The second-order valence-corrected chi connectivity index (χ2v) is 10.3. The normalized spacial score (nSPS) is 16.9. The molecule has 0 amide bonds. The summed E-state index contributed by atoms with van der Waals surface area (Å²) >= 11 is 0. The van der Waals surface area contributed by atoms with E-state index in [9.17, 15) is 13.2 Å². The van der Waals surface area contributed by atoms with Crippen molar-refractivity contribution in [3.8, 4) is 0 Å². The zero-order valence-corrected chi connectivity index (χ0v) is 19.4. The Bertz CT molecular complexity index is 1230. The molecule has 1 N–H and O–H groups in total. The van der Waals surface area contributed by atoms with Crippen LogP contribution in [0.25, 0.3) is 10.9 Å². The van der Waals surface area contributed by atoms with Crippen molar-refractivity contribution in [2.45, 2.75) is 44.0 Å². The second-order valence-electron chi connectivity index (χ2n) is 8.33. The maximum absolute atomic E-state index is 13.1. The Hall–Kier alpha value is -2.55. The van der Waals surface area contributed by atoms with Crippen LogP contribution in [0.3, 0.4) is 0 Å². The van der Waals surface area contributed by atoms with E-state index in [0.29, 0.717) is 47.8 Å². The summed E-state index contributed by atoms with van der Waals surface area (Å²) < 4.78 is 27.7. The fourth-order valence-electron chi connectivity index (χ4n) is 4.16. The van der Waals surface area contributed by atoms with Crippen LogP contribution in [0.15, 0.2) is 58.2 Å². The molecule has 0 aliphatic carbocycles. The van der Waals surface area contributed by atoms with E-state index in [0.717, 1.165) is 19.3 Å². The number of benzene rings is 2. The number of aromatic nitrogens is 2. The van der Waals surface area contributed by atoms with Crippen molar-refractivity contribution in [1.29, 1.82) is 0 Å². The van der Waals surface area contributed by atoms with Crippen LogP contribution in [-0.4, -0.2) is 53.8 Å². The molecule has 1 atom stereocenters. The van der Waals surface area contributed by atoms with Gasteiger partial charge >= 0.3 is 0 Å². The zero-order valence-electron chi connectivity index (χ0n) is 18.6. The van der Waals surface area contributed by atoms with Gasteiger partial charge in [0.15, 0.2) is 0 Å². The second kappa shape index (κ2) is 9.52. The van der Waals surface area contributed by atoms with Crippen LogP contribution < -0.4 is 5.56 Å². The molecule has 4 rings (SSSR count). The molecule has 8 heteroatoms. The van der Waals surface area contributed by atoms with E-state index in [-0.39, 0.29) is 11.6 Å². The van der Waals surface area contributed by atoms with Gasteiger partial charge in [0.2, 0.25) is 10.0 Å². The first-order valence-corrected chi connectivity index (χ1v) is 12.7. The number of unbranched alkanes of at least 4 members (excludes halogenated alkanes) is 1. The predicted molar refractivity (Wildman–Crippen MR) is 126 cm³/mol. The first-order valence-electron chi connectivity index (χ1n) is 11.2. The first-order chi connectivity index (χ1) is 15.4. The molecular weight excluding hydrogens is 424 g/mol. The molecule has 1 saturated heterocycles. The highest BCUT2D eigenvalue weighted by Gasteiger charge is 2.31.